The average molecular weight is 688 g/mol. The molecule has 0 spiro atoms. The molecule has 0 atom stereocenters. The maximum absolute atomic E-state index is 6.62. The fourth-order valence-corrected chi connectivity index (χ4v) is 8.35. The van der Waals surface area contributed by atoms with Gasteiger partial charge in [-0.05, 0) is 64.4 Å². The second kappa shape index (κ2) is 10.2. The number of rotatable bonds is 0. The zero-order valence-electron chi connectivity index (χ0n) is 30.6. The first kappa shape index (κ1) is 30.4. The van der Waals surface area contributed by atoms with E-state index in [-0.39, 0.29) is 10.8 Å². The zero-order chi connectivity index (χ0) is 36.0. The SMILES string of the molecule is CC(C)(C)c1cc2c3[nH]c4c(cc(C(C)(C)C)cc4c3c1)-c1nc(cc3oc4ccccc4c13)-c1cccc(c1)-c1cc3oc4ccccc4c3c-2n1. The van der Waals surface area contributed by atoms with Crippen molar-refractivity contribution in [3.8, 4) is 45.0 Å². The summed E-state index contributed by atoms with van der Waals surface area (Å²) in [6.07, 6.45) is 0. The predicted molar refractivity (Wildman–Crippen MR) is 219 cm³/mol. The molecular weight excluding hydrogens is 651 g/mol. The van der Waals surface area contributed by atoms with Gasteiger partial charge < -0.3 is 13.8 Å². The van der Waals surface area contributed by atoms with E-state index in [9.17, 15) is 0 Å². The van der Waals surface area contributed by atoms with Crippen molar-refractivity contribution < 1.29 is 8.83 Å². The summed E-state index contributed by atoms with van der Waals surface area (Å²) in [7, 11) is 0. The molecule has 1 aliphatic rings. The number of furan rings is 2. The number of hydrogen-bond donors (Lipinski definition) is 1. The first-order chi connectivity index (χ1) is 25.5. The normalized spacial score (nSPS) is 13.1. The summed E-state index contributed by atoms with van der Waals surface area (Å²) in [5.41, 5.74) is 15.2. The Balaban J connectivity index is 1.42. The number of para-hydroxylation sites is 2. The van der Waals surface area contributed by atoms with E-state index in [0.29, 0.717) is 0 Å². The van der Waals surface area contributed by atoms with Gasteiger partial charge in [-0.25, -0.2) is 9.97 Å². The van der Waals surface area contributed by atoms with Crippen LogP contribution in [0.5, 0.6) is 0 Å². The van der Waals surface area contributed by atoms with Crippen molar-refractivity contribution in [3.63, 3.8) is 0 Å². The number of pyridine rings is 2. The number of aromatic amines is 1. The summed E-state index contributed by atoms with van der Waals surface area (Å²) >= 11 is 0. The summed E-state index contributed by atoms with van der Waals surface area (Å²) in [5.74, 6) is 0. The lowest BCUT2D eigenvalue weighted by Gasteiger charge is -2.22. The molecule has 11 rings (SSSR count). The van der Waals surface area contributed by atoms with Crippen LogP contribution in [0.15, 0.2) is 118 Å². The van der Waals surface area contributed by atoms with Crippen molar-refractivity contribution in [2.45, 2.75) is 52.4 Å². The Morgan fingerprint density at radius 2 is 0.906 bits per heavy atom. The van der Waals surface area contributed by atoms with E-state index >= 15 is 0 Å². The van der Waals surface area contributed by atoms with Crippen LogP contribution in [0.1, 0.15) is 52.7 Å². The standard InChI is InChI=1S/C48H37N3O2/c1-47(2,3)27-19-31-32-20-28(48(4,5)6)22-34-44(32)51-43(31)33(21-27)45-41-29-14-7-9-16-37(29)52-39(41)23-35(49-45)25-12-11-13-26(18-25)36-24-40-42(46(34)50-36)30-15-8-10-17-38(30)53-40/h7-24,51H,1-6H3. The molecule has 8 bridgehead atoms. The topological polar surface area (TPSA) is 67.8 Å². The van der Waals surface area contributed by atoms with Gasteiger partial charge in [-0.2, -0.15) is 0 Å². The van der Waals surface area contributed by atoms with E-state index in [1.54, 1.807) is 0 Å². The predicted octanol–water partition coefficient (Wildman–Crippen LogP) is 13.5. The molecule has 5 aromatic carbocycles. The lowest BCUT2D eigenvalue weighted by Crippen LogP contribution is -2.11. The molecule has 0 aliphatic carbocycles. The number of nitrogens with one attached hydrogen (secondary N) is 1. The van der Waals surface area contributed by atoms with Crippen molar-refractivity contribution in [1.29, 1.82) is 0 Å². The minimum atomic E-state index is -0.124. The van der Waals surface area contributed by atoms with E-state index in [1.807, 2.05) is 24.3 Å². The molecular formula is C48H37N3O2. The summed E-state index contributed by atoms with van der Waals surface area (Å²) in [6.45, 7) is 13.7. The molecule has 1 aliphatic heterocycles. The second-order valence-electron chi connectivity index (χ2n) is 16.8. The maximum atomic E-state index is 6.62. The summed E-state index contributed by atoms with van der Waals surface area (Å²) in [5, 5.41) is 6.49. The van der Waals surface area contributed by atoms with Crippen molar-refractivity contribution in [2.24, 2.45) is 0 Å². The Morgan fingerprint density at radius 3 is 1.36 bits per heavy atom. The molecule has 53 heavy (non-hydrogen) atoms. The first-order valence-electron chi connectivity index (χ1n) is 18.4. The minimum Gasteiger partial charge on any atom is -0.456 e. The quantitative estimate of drug-likeness (QED) is 0.172. The van der Waals surface area contributed by atoms with Crippen molar-refractivity contribution in [2.75, 3.05) is 0 Å². The molecule has 0 unspecified atom stereocenters. The fourth-order valence-electron chi connectivity index (χ4n) is 8.35. The highest BCUT2D eigenvalue weighted by Gasteiger charge is 2.28. The minimum absolute atomic E-state index is 0.124. The average Bonchev–Trinajstić information content (AvgIpc) is 3.83. The van der Waals surface area contributed by atoms with E-state index in [2.05, 4.69) is 131 Å². The van der Waals surface area contributed by atoms with Gasteiger partial charge in [0.05, 0.1) is 44.6 Å². The monoisotopic (exact) mass is 687 g/mol. The van der Waals surface area contributed by atoms with Crippen molar-refractivity contribution in [3.05, 3.63) is 120 Å². The highest BCUT2D eigenvalue weighted by Crippen LogP contribution is 2.47. The van der Waals surface area contributed by atoms with Gasteiger partial charge in [0.2, 0.25) is 0 Å². The van der Waals surface area contributed by atoms with E-state index in [0.717, 1.165) is 99.9 Å². The summed E-state index contributed by atoms with van der Waals surface area (Å²) in [4.78, 5) is 15.2. The smallest absolute Gasteiger partial charge is 0.139 e. The molecule has 5 aromatic heterocycles. The third kappa shape index (κ3) is 4.37. The fraction of sp³-hybridized carbons (Fsp3) is 0.167. The van der Waals surface area contributed by atoms with Gasteiger partial charge in [0, 0.05) is 55.9 Å². The van der Waals surface area contributed by atoms with Crippen LogP contribution in [0, 0.1) is 0 Å². The molecule has 5 heteroatoms. The van der Waals surface area contributed by atoms with Crippen LogP contribution in [0.25, 0.3) is 111 Å². The summed E-state index contributed by atoms with van der Waals surface area (Å²) in [6, 6.07) is 38.8. The summed E-state index contributed by atoms with van der Waals surface area (Å²) < 4.78 is 13.2. The number of nitrogens with zero attached hydrogens (tertiary/aromatic N) is 2. The molecule has 10 aromatic rings. The molecule has 0 saturated carbocycles. The Labute approximate surface area is 306 Å². The molecule has 0 fully saturated rings. The van der Waals surface area contributed by atoms with E-state index in [1.165, 1.54) is 21.9 Å². The molecule has 6 heterocycles. The van der Waals surface area contributed by atoms with Crippen LogP contribution >= 0.6 is 0 Å². The third-order valence-corrected chi connectivity index (χ3v) is 11.2. The highest BCUT2D eigenvalue weighted by molar-refractivity contribution is 6.22. The number of fused-ring (bicyclic) bond motifs is 19. The molecule has 0 radical (unpaired) electrons. The first-order valence-corrected chi connectivity index (χ1v) is 18.4. The van der Waals surface area contributed by atoms with Crippen molar-refractivity contribution in [1.82, 2.24) is 15.0 Å². The van der Waals surface area contributed by atoms with Crippen LogP contribution in [-0.4, -0.2) is 15.0 Å². The zero-order valence-corrected chi connectivity index (χ0v) is 30.6. The third-order valence-electron chi connectivity index (χ3n) is 11.2. The number of aromatic nitrogens is 3. The Kier molecular flexibility index (Phi) is 5.87. The Morgan fingerprint density at radius 1 is 0.453 bits per heavy atom. The van der Waals surface area contributed by atoms with Crippen molar-refractivity contribution >= 4 is 65.7 Å². The van der Waals surface area contributed by atoms with Gasteiger partial charge in [0.15, 0.2) is 0 Å². The number of H-pyrrole nitrogens is 1. The van der Waals surface area contributed by atoms with Crippen LogP contribution in [0.4, 0.5) is 0 Å². The maximum Gasteiger partial charge on any atom is 0.139 e. The van der Waals surface area contributed by atoms with E-state index < -0.39 is 0 Å². The molecule has 5 nitrogen and oxygen atoms in total. The van der Waals surface area contributed by atoms with Gasteiger partial charge in [0.1, 0.15) is 22.3 Å². The molecule has 256 valence electrons. The van der Waals surface area contributed by atoms with E-state index in [4.69, 9.17) is 18.8 Å². The Bertz CT molecular complexity index is 2990. The van der Waals surface area contributed by atoms with Crippen LogP contribution in [0.2, 0.25) is 0 Å². The van der Waals surface area contributed by atoms with Gasteiger partial charge in [-0.3, -0.25) is 0 Å². The molecule has 0 saturated heterocycles. The lowest BCUT2D eigenvalue weighted by molar-refractivity contribution is 0.590. The molecule has 1 N–H and O–H groups in total. The van der Waals surface area contributed by atoms with Crippen LogP contribution in [-0.2, 0) is 10.8 Å². The Hall–Kier alpha value is -6.20. The molecule has 0 amide bonds. The lowest BCUT2D eigenvalue weighted by atomic mass is 9.82. The van der Waals surface area contributed by atoms with Gasteiger partial charge in [0.25, 0.3) is 0 Å². The van der Waals surface area contributed by atoms with Crippen LogP contribution < -0.4 is 0 Å². The second-order valence-corrected chi connectivity index (χ2v) is 16.8. The highest BCUT2D eigenvalue weighted by atomic mass is 16.3. The van der Waals surface area contributed by atoms with Crippen LogP contribution in [0.3, 0.4) is 0 Å². The largest absolute Gasteiger partial charge is 0.456 e. The number of hydrogen-bond acceptors (Lipinski definition) is 4. The van der Waals surface area contributed by atoms with Gasteiger partial charge >= 0.3 is 0 Å². The van der Waals surface area contributed by atoms with Gasteiger partial charge in [-0.15, -0.1) is 0 Å². The number of benzene rings is 5. The van der Waals surface area contributed by atoms with Gasteiger partial charge in [-0.1, -0.05) is 96.1 Å².